The Morgan fingerprint density at radius 1 is 1.28 bits per heavy atom. The summed E-state index contributed by atoms with van der Waals surface area (Å²) in [6, 6.07) is 9.87. The molecule has 3 nitrogen and oxygen atoms in total. The van der Waals surface area contributed by atoms with Crippen molar-refractivity contribution < 1.29 is 4.74 Å². The zero-order valence-corrected chi connectivity index (χ0v) is 10.7. The van der Waals surface area contributed by atoms with Gasteiger partial charge in [0, 0.05) is 6.54 Å². The molecular formula is C15H20N2O. The summed E-state index contributed by atoms with van der Waals surface area (Å²) in [5, 5.41) is 11.9. The van der Waals surface area contributed by atoms with Crippen molar-refractivity contribution in [2.45, 2.75) is 32.2 Å². The van der Waals surface area contributed by atoms with Crippen molar-refractivity contribution in [3.8, 4) is 11.8 Å². The summed E-state index contributed by atoms with van der Waals surface area (Å²) in [7, 11) is 0. The molecule has 0 spiro atoms. The van der Waals surface area contributed by atoms with Gasteiger partial charge >= 0.3 is 0 Å². The Labute approximate surface area is 109 Å². The average molecular weight is 244 g/mol. The molecule has 0 radical (unpaired) electrons. The maximum absolute atomic E-state index is 8.41. The van der Waals surface area contributed by atoms with Gasteiger partial charge in [0.25, 0.3) is 0 Å². The molecule has 1 aromatic rings. The minimum atomic E-state index is 0.110. The molecule has 1 fully saturated rings. The van der Waals surface area contributed by atoms with Gasteiger partial charge in [-0.1, -0.05) is 25.0 Å². The molecule has 1 N–H and O–H groups in total. The van der Waals surface area contributed by atoms with Gasteiger partial charge in [0.15, 0.2) is 6.61 Å². The summed E-state index contributed by atoms with van der Waals surface area (Å²) >= 11 is 0. The van der Waals surface area contributed by atoms with Crippen molar-refractivity contribution in [3.05, 3.63) is 29.8 Å². The van der Waals surface area contributed by atoms with Gasteiger partial charge in [0.2, 0.25) is 0 Å². The lowest BCUT2D eigenvalue weighted by Crippen LogP contribution is -2.14. The van der Waals surface area contributed by atoms with Gasteiger partial charge in [-0.15, -0.1) is 0 Å². The van der Waals surface area contributed by atoms with E-state index < -0.39 is 0 Å². The second-order valence-electron chi connectivity index (χ2n) is 4.85. The Morgan fingerprint density at radius 3 is 2.72 bits per heavy atom. The molecule has 0 unspecified atom stereocenters. The predicted octanol–water partition coefficient (Wildman–Crippen LogP) is 2.87. The van der Waals surface area contributed by atoms with Gasteiger partial charge in [0.1, 0.15) is 11.8 Å². The van der Waals surface area contributed by atoms with Crippen molar-refractivity contribution in [3.63, 3.8) is 0 Å². The first-order chi connectivity index (χ1) is 8.88. The highest BCUT2D eigenvalue weighted by atomic mass is 16.5. The molecular weight excluding hydrogens is 224 g/mol. The normalized spacial score (nSPS) is 14.2. The van der Waals surface area contributed by atoms with Crippen LogP contribution < -0.4 is 10.1 Å². The fraction of sp³-hybridized carbons (Fsp3) is 0.533. The maximum atomic E-state index is 8.41. The molecule has 1 aliphatic rings. The average Bonchev–Trinajstić information content (AvgIpc) is 3.21. The van der Waals surface area contributed by atoms with E-state index >= 15 is 0 Å². The van der Waals surface area contributed by atoms with Crippen LogP contribution in [0.3, 0.4) is 0 Å². The highest BCUT2D eigenvalue weighted by Crippen LogP contribution is 2.33. The molecule has 1 aliphatic carbocycles. The molecule has 3 heteroatoms. The molecule has 0 heterocycles. The van der Waals surface area contributed by atoms with Crippen molar-refractivity contribution in [1.82, 2.24) is 5.32 Å². The van der Waals surface area contributed by atoms with Gasteiger partial charge in [0.05, 0.1) is 0 Å². The number of nitriles is 1. The molecule has 0 amide bonds. The topological polar surface area (TPSA) is 45.0 Å². The summed E-state index contributed by atoms with van der Waals surface area (Å²) in [4.78, 5) is 0. The largest absolute Gasteiger partial charge is 0.479 e. The SMILES string of the molecule is N#CCOc1ccc(CNCCCC2CC2)cc1. The Bertz CT molecular complexity index is 390. The number of hydrogen-bond acceptors (Lipinski definition) is 3. The van der Waals surface area contributed by atoms with Crippen LogP contribution in [-0.4, -0.2) is 13.2 Å². The third-order valence-electron chi connectivity index (χ3n) is 3.22. The first kappa shape index (κ1) is 12.9. The van der Waals surface area contributed by atoms with Crippen molar-refractivity contribution in [2.75, 3.05) is 13.2 Å². The van der Waals surface area contributed by atoms with Gasteiger partial charge < -0.3 is 10.1 Å². The summed E-state index contributed by atoms with van der Waals surface area (Å²) in [6.07, 6.45) is 5.57. The van der Waals surface area contributed by atoms with Gasteiger partial charge in [-0.2, -0.15) is 5.26 Å². The summed E-state index contributed by atoms with van der Waals surface area (Å²) in [6.45, 7) is 2.12. The zero-order valence-electron chi connectivity index (χ0n) is 10.7. The zero-order chi connectivity index (χ0) is 12.6. The standard InChI is InChI=1S/C15H20N2O/c16-9-11-18-15-7-5-14(6-8-15)12-17-10-1-2-13-3-4-13/h5-8,13,17H,1-4,10-12H2. The number of benzene rings is 1. The smallest absolute Gasteiger partial charge is 0.174 e. The monoisotopic (exact) mass is 244 g/mol. The number of rotatable bonds is 8. The molecule has 1 aromatic carbocycles. The van der Waals surface area contributed by atoms with Crippen LogP contribution in [0.5, 0.6) is 5.75 Å². The van der Waals surface area contributed by atoms with Crippen molar-refractivity contribution in [1.29, 1.82) is 5.26 Å². The van der Waals surface area contributed by atoms with E-state index in [-0.39, 0.29) is 6.61 Å². The quantitative estimate of drug-likeness (QED) is 0.715. The van der Waals surface area contributed by atoms with E-state index in [1.807, 2.05) is 30.3 Å². The molecule has 2 rings (SSSR count). The highest BCUT2D eigenvalue weighted by molar-refractivity contribution is 5.27. The van der Waals surface area contributed by atoms with E-state index in [9.17, 15) is 0 Å². The van der Waals surface area contributed by atoms with Crippen LogP contribution in [0.4, 0.5) is 0 Å². The lowest BCUT2D eigenvalue weighted by Gasteiger charge is -2.06. The van der Waals surface area contributed by atoms with E-state index in [4.69, 9.17) is 10.00 Å². The van der Waals surface area contributed by atoms with Crippen LogP contribution in [0, 0.1) is 17.2 Å². The van der Waals surface area contributed by atoms with Gasteiger partial charge in [-0.3, -0.25) is 0 Å². The first-order valence-electron chi connectivity index (χ1n) is 6.68. The summed E-state index contributed by atoms with van der Waals surface area (Å²) in [5.74, 6) is 1.79. The van der Waals surface area contributed by atoms with Crippen LogP contribution in [0.25, 0.3) is 0 Å². The summed E-state index contributed by atoms with van der Waals surface area (Å²) in [5.41, 5.74) is 1.26. The van der Waals surface area contributed by atoms with Crippen LogP contribution in [0.1, 0.15) is 31.2 Å². The second kappa shape index (κ2) is 7.03. The molecule has 0 bridgehead atoms. The fourth-order valence-electron chi connectivity index (χ4n) is 1.97. The fourth-order valence-corrected chi connectivity index (χ4v) is 1.97. The van der Waals surface area contributed by atoms with Crippen molar-refractivity contribution >= 4 is 0 Å². The minimum absolute atomic E-state index is 0.110. The predicted molar refractivity (Wildman–Crippen MR) is 71.2 cm³/mol. The Kier molecular flexibility index (Phi) is 5.04. The molecule has 0 atom stereocenters. The third kappa shape index (κ3) is 4.77. The van der Waals surface area contributed by atoms with E-state index in [0.717, 1.165) is 24.8 Å². The number of hydrogen-bond donors (Lipinski definition) is 1. The van der Waals surface area contributed by atoms with E-state index in [2.05, 4.69) is 5.32 Å². The Hall–Kier alpha value is -1.53. The van der Waals surface area contributed by atoms with Crippen LogP contribution >= 0.6 is 0 Å². The maximum Gasteiger partial charge on any atom is 0.174 e. The van der Waals surface area contributed by atoms with Gasteiger partial charge in [-0.05, 0) is 43.0 Å². The van der Waals surface area contributed by atoms with Gasteiger partial charge in [-0.25, -0.2) is 0 Å². The van der Waals surface area contributed by atoms with E-state index in [0.29, 0.717) is 0 Å². The first-order valence-corrected chi connectivity index (χ1v) is 6.68. The van der Waals surface area contributed by atoms with Crippen LogP contribution in [-0.2, 0) is 6.54 Å². The lowest BCUT2D eigenvalue weighted by molar-refractivity contribution is 0.368. The number of ether oxygens (including phenoxy) is 1. The Morgan fingerprint density at radius 2 is 2.06 bits per heavy atom. The molecule has 96 valence electrons. The number of nitrogens with one attached hydrogen (secondary N) is 1. The van der Waals surface area contributed by atoms with Crippen LogP contribution in [0.15, 0.2) is 24.3 Å². The third-order valence-corrected chi connectivity index (χ3v) is 3.22. The lowest BCUT2D eigenvalue weighted by atomic mass is 10.2. The molecule has 18 heavy (non-hydrogen) atoms. The molecule has 0 aliphatic heterocycles. The second-order valence-corrected chi connectivity index (χ2v) is 4.85. The minimum Gasteiger partial charge on any atom is -0.479 e. The summed E-state index contributed by atoms with van der Waals surface area (Å²) < 4.78 is 5.20. The molecule has 1 saturated carbocycles. The van der Waals surface area contributed by atoms with E-state index in [1.165, 1.54) is 31.2 Å². The van der Waals surface area contributed by atoms with E-state index in [1.54, 1.807) is 0 Å². The molecule has 0 aromatic heterocycles. The Balaban J connectivity index is 1.61. The van der Waals surface area contributed by atoms with Crippen molar-refractivity contribution in [2.24, 2.45) is 5.92 Å². The van der Waals surface area contributed by atoms with Crippen LogP contribution in [0.2, 0.25) is 0 Å². The number of nitrogens with zero attached hydrogens (tertiary/aromatic N) is 1. The highest BCUT2D eigenvalue weighted by Gasteiger charge is 2.19. The molecule has 0 saturated heterocycles.